The quantitative estimate of drug-likeness (QED) is 0.245. The Morgan fingerprint density at radius 2 is 0.475 bits per heavy atom. The molecular weight excluding hydrogens is 850 g/mol. The van der Waals surface area contributed by atoms with Crippen LogP contribution in [0.25, 0.3) is 0 Å². The number of allylic oxidation sites excluding steroid dienone is 6. The normalized spacial score (nSPS) is 14.1. The van der Waals surface area contributed by atoms with Gasteiger partial charge in [-0.1, -0.05) is 0 Å². The summed E-state index contributed by atoms with van der Waals surface area (Å²) in [5.41, 5.74) is 0. The molecule has 232 valence electrons. The Bertz CT molecular complexity index is 834. The van der Waals surface area contributed by atoms with Gasteiger partial charge in [0, 0.05) is 39.9 Å². The summed E-state index contributed by atoms with van der Waals surface area (Å²) in [6.07, 6.45) is -35.8. The van der Waals surface area contributed by atoms with Gasteiger partial charge < -0.3 is 15.3 Å². The Kier molecular flexibility index (Phi) is 17.5. The molecular formula is C15H3F18O6Th-3. The van der Waals surface area contributed by atoms with Crippen molar-refractivity contribution in [2.75, 3.05) is 0 Å². The van der Waals surface area contributed by atoms with E-state index in [0.717, 1.165) is 0 Å². The second-order valence-corrected chi connectivity index (χ2v) is 5.61. The van der Waals surface area contributed by atoms with E-state index in [-0.39, 0.29) is 39.9 Å². The predicted octanol–water partition coefficient (Wildman–Crippen LogP) is 2.77. The van der Waals surface area contributed by atoms with E-state index in [1.165, 1.54) is 0 Å². The Hall–Kier alpha value is -2.31. The van der Waals surface area contributed by atoms with Crippen molar-refractivity contribution in [3.8, 4) is 0 Å². The average molecular weight is 853 g/mol. The molecule has 6 nitrogen and oxygen atoms in total. The molecule has 0 saturated heterocycles. The molecule has 0 aliphatic carbocycles. The molecule has 0 amide bonds. The van der Waals surface area contributed by atoms with Crippen LogP contribution < -0.4 is 15.3 Å². The van der Waals surface area contributed by atoms with E-state index in [4.69, 9.17) is 0 Å². The van der Waals surface area contributed by atoms with Crippen molar-refractivity contribution in [1.82, 2.24) is 0 Å². The Labute approximate surface area is 238 Å². The topological polar surface area (TPSA) is 120 Å². The summed E-state index contributed by atoms with van der Waals surface area (Å²) in [7, 11) is 0. The molecule has 0 saturated carbocycles. The molecule has 0 spiro atoms. The zero-order valence-electron chi connectivity index (χ0n) is 17.5. The maximum atomic E-state index is 11.3. The van der Waals surface area contributed by atoms with Crippen molar-refractivity contribution in [2.45, 2.75) is 37.1 Å². The second kappa shape index (κ2) is 15.6. The van der Waals surface area contributed by atoms with Crippen molar-refractivity contribution in [2.24, 2.45) is 0 Å². The van der Waals surface area contributed by atoms with E-state index < -0.39 is 89.9 Å². The third kappa shape index (κ3) is 20.6. The van der Waals surface area contributed by atoms with Crippen LogP contribution >= 0.6 is 0 Å². The maximum Gasteiger partial charge on any atom is 0.454 e. The van der Waals surface area contributed by atoms with Crippen molar-refractivity contribution >= 4 is 17.3 Å². The first kappa shape index (κ1) is 44.7. The van der Waals surface area contributed by atoms with E-state index in [0.29, 0.717) is 0 Å². The van der Waals surface area contributed by atoms with Crippen LogP contribution in [-0.2, 0) is 14.4 Å². The van der Waals surface area contributed by atoms with Crippen molar-refractivity contribution in [3.63, 3.8) is 0 Å². The van der Waals surface area contributed by atoms with E-state index in [9.17, 15) is 109 Å². The van der Waals surface area contributed by atoms with Gasteiger partial charge in [0.1, 0.15) is 0 Å². The fraction of sp³-hybridized carbons (Fsp3) is 0.400. The number of hydrogen-bond donors (Lipinski definition) is 0. The van der Waals surface area contributed by atoms with Gasteiger partial charge in [-0.15, -0.1) is 0 Å². The molecule has 0 atom stereocenters. The SMILES string of the molecule is O=C(/C=C(\[O-])C(F)(F)F)C(F)(F)F.O=C(/C=C(\[O-])C(F)(F)F)C(F)(F)F.O=C(/C=C(\[O-])C(F)(F)F)C(F)(F)F.[Th]. The third-order valence-corrected chi connectivity index (χ3v) is 2.46. The fourth-order valence-electron chi connectivity index (χ4n) is 0.848. The van der Waals surface area contributed by atoms with E-state index >= 15 is 0 Å². The molecule has 0 heterocycles. The van der Waals surface area contributed by atoms with Crippen LogP contribution in [0.15, 0.2) is 35.5 Å². The minimum atomic E-state index is -5.46. The van der Waals surface area contributed by atoms with Crippen molar-refractivity contribution in [3.05, 3.63) is 35.5 Å². The zero-order chi connectivity index (χ0) is 32.6. The van der Waals surface area contributed by atoms with Crippen molar-refractivity contribution in [1.29, 1.82) is 0 Å². The molecule has 0 aromatic heterocycles. The molecule has 0 radical (unpaired) electrons. The standard InChI is InChI=1S/3C5H2F6O2.Th/c3*6-4(7,8)2(12)1-3(13)5(9,10)11;/h3*1,12H;/p-3/b3*2-1-;. The molecule has 0 aliphatic heterocycles. The molecule has 0 aliphatic rings. The molecule has 0 bridgehead atoms. The molecule has 0 unspecified atom stereocenters. The largest absolute Gasteiger partial charge is 0.869 e. The maximum absolute atomic E-state index is 11.3. The summed E-state index contributed by atoms with van der Waals surface area (Å²) >= 11 is 0. The van der Waals surface area contributed by atoms with Crippen LogP contribution in [0.1, 0.15) is 0 Å². The van der Waals surface area contributed by atoms with E-state index in [1.807, 2.05) is 0 Å². The summed E-state index contributed by atoms with van der Waals surface area (Å²) in [6.45, 7) is 0. The molecule has 0 N–H and O–H groups in total. The minimum absolute atomic E-state index is 0. The summed E-state index contributed by atoms with van der Waals surface area (Å²) in [5, 5.41) is 29.5. The van der Waals surface area contributed by atoms with Gasteiger partial charge in [-0.2, -0.15) is 79.0 Å². The van der Waals surface area contributed by atoms with Crippen LogP contribution in [-0.4, -0.2) is 54.4 Å². The number of carbonyl (C=O) groups excluding carboxylic acids is 3. The Balaban J connectivity index is -0.000000240. The summed E-state index contributed by atoms with van der Waals surface area (Å²) in [4.78, 5) is 29.5. The van der Waals surface area contributed by atoms with Gasteiger partial charge in [0.05, 0.1) is 0 Å². The van der Waals surface area contributed by atoms with Crippen LogP contribution in [0.5, 0.6) is 0 Å². The van der Waals surface area contributed by atoms with Gasteiger partial charge in [0.25, 0.3) is 17.3 Å². The van der Waals surface area contributed by atoms with E-state index in [2.05, 4.69) is 0 Å². The van der Waals surface area contributed by atoms with Crippen molar-refractivity contribution < 1.29 is 149 Å². The first-order chi connectivity index (χ1) is 16.6. The average Bonchev–Trinajstić information content (AvgIpc) is 2.64. The zero-order valence-corrected chi connectivity index (χ0v) is 21.6. The van der Waals surface area contributed by atoms with Crippen LogP contribution in [0.4, 0.5) is 79.0 Å². The minimum Gasteiger partial charge on any atom is -0.869 e. The van der Waals surface area contributed by atoms with Gasteiger partial charge >= 0.3 is 37.1 Å². The van der Waals surface area contributed by atoms with Gasteiger partial charge in [-0.3, -0.25) is 14.4 Å². The van der Waals surface area contributed by atoms with Crippen LogP contribution in [0.3, 0.4) is 0 Å². The number of ketones is 3. The fourth-order valence-corrected chi connectivity index (χ4v) is 0.848. The number of alkyl halides is 18. The number of hydrogen-bond acceptors (Lipinski definition) is 6. The molecule has 0 aromatic rings. The number of rotatable bonds is 3. The molecule has 0 rings (SSSR count). The van der Waals surface area contributed by atoms with E-state index in [1.54, 1.807) is 0 Å². The molecule has 25 heteroatoms. The second-order valence-electron chi connectivity index (χ2n) is 5.61. The van der Waals surface area contributed by atoms with Gasteiger partial charge in [0.15, 0.2) is 0 Å². The summed E-state index contributed by atoms with van der Waals surface area (Å²) in [6, 6.07) is 0. The number of halogens is 18. The third-order valence-electron chi connectivity index (χ3n) is 2.46. The molecule has 0 aromatic carbocycles. The van der Waals surface area contributed by atoms with Gasteiger partial charge in [-0.25, -0.2) is 0 Å². The first-order valence-electron chi connectivity index (χ1n) is 7.86. The van der Waals surface area contributed by atoms with Crippen LogP contribution in [0, 0.1) is 39.9 Å². The van der Waals surface area contributed by atoms with Crippen LogP contribution in [0.2, 0.25) is 0 Å². The van der Waals surface area contributed by atoms with Gasteiger partial charge in [-0.05, 0) is 35.5 Å². The molecule has 40 heavy (non-hydrogen) atoms. The Morgan fingerprint density at radius 1 is 0.350 bits per heavy atom. The molecule has 0 fully saturated rings. The van der Waals surface area contributed by atoms with Gasteiger partial charge in [0.2, 0.25) is 0 Å². The smallest absolute Gasteiger partial charge is 0.454 e. The number of carbonyl (C=O) groups is 3. The summed E-state index contributed by atoms with van der Waals surface area (Å²) < 4.78 is 203. The summed E-state index contributed by atoms with van der Waals surface area (Å²) in [5.74, 6) is -16.9. The Morgan fingerprint density at radius 3 is 0.550 bits per heavy atom. The predicted molar refractivity (Wildman–Crippen MR) is 75.6 cm³/mol. The first-order valence-corrected chi connectivity index (χ1v) is 7.86. The monoisotopic (exact) mass is 853 g/mol.